The average molecular weight is 652 g/mol. The molecule has 7 rings (SSSR count). The predicted octanol–water partition coefficient (Wildman–Crippen LogP) is 9.88. The maximum atomic E-state index is 11.8. The van der Waals surface area contributed by atoms with Crippen molar-refractivity contribution in [2.45, 2.75) is 58.3 Å². The Labute approximate surface area is 287 Å². The molecule has 2 aliphatic rings. The maximum Gasteiger partial charge on any atom is 0.309 e. The number of carbonyl (C=O) groups is 2. The first kappa shape index (κ1) is 33.4. The molecule has 0 atom stereocenters. The molecule has 5 aromatic rings. The fourth-order valence-corrected chi connectivity index (χ4v) is 7.46. The van der Waals surface area contributed by atoms with Gasteiger partial charge in [0, 0.05) is 34.9 Å². The van der Waals surface area contributed by atoms with E-state index in [4.69, 9.17) is 5.11 Å². The number of carboxylic acid groups (broad SMARTS) is 2. The van der Waals surface area contributed by atoms with Crippen molar-refractivity contribution in [1.29, 1.82) is 0 Å². The number of aliphatic carboxylic acids is 2. The highest BCUT2D eigenvalue weighted by molar-refractivity contribution is 6.18. The van der Waals surface area contributed by atoms with E-state index in [1.807, 2.05) is 0 Å². The van der Waals surface area contributed by atoms with Gasteiger partial charge in [-0.05, 0) is 64.6 Å². The Morgan fingerprint density at radius 1 is 0.694 bits per heavy atom. The normalized spacial score (nSPS) is 16.7. The van der Waals surface area contributed by atoms with Gasteiger partial charge in [0.2, 0.25) is 5.69 Å². The minimum atomic E-state index is -0.795. The number of rotatable bonds is 7. The second-order valence-corrected chi connectivity index (χ2v) is 13.7. The molecule has 2 aliphatic heterocycles. The molecule has 0 aromatic heterocycles. The molecule has 2 heterocycles. The largest absolute Gasteiger partial charge is 0.481 e. The van der Waals surface area contributed by atoms with Crippen LogP contribution in [-0.4, -0.2) is 39.0 Å². The van der Waals surface area contributed by atoms with E-state index >= 15 is 0 Å². The molecule has 0 fully saturated rings. The number of nitrogens with one attached hydrogen (secondary N) is 1. The number of anilines is 1. The van der Waals surface area contributed by atoms with E-state index in [1.54, 1.807) is 6.92 Å². The summed E-state index contributed by atoms with van der Waals surface area (Å²) in [5.74, 6) is -1.54. The SMILES string of the molecule is CC1(C)C(/C=C/C=C/C=C2\Nc3ccc4ccccc4c3C2(C)C)=[N+](CCC(=O)O)c2c1c1ccccc1c1ccccc21.CCC(=O)O. The van der Waals surface area contributed by atoms with Gasteiger partial charge in [-0.1, -0.05) is 112 Å². The minimum Gasteiger partial charge on any atom is -0.481 e. The molecule has 0 saturated heterocycles. The van der Waals surface area contributed by atoms with Crippen molar-refractivity contribution >= 4 is 61.3 Å². The molecule has 248 valence electrons. The first-order valence-electron chi connectivity index (χ1n) is 16.8. The first-order chi connectivity index (χ1) is 23.5. The van der Waals surface area contributed by atoms with Gasteiger partial charge in [0.15, 0.2) is 12.3 Å². The van der Waals surface area contributed by atoms with E-state index in [-0.39, 0.29) is 23.7 Å². The number of carboxylic acids is 2. The number of nitrogens with zero attached hydrogens (tertiary/aromatic N) is 1. The van der Waals surface area contributed by atoms with E-state index < -0.39 is 11.9 Å². The van der Waals surface area contributed by atoms with Gasteiger partial charge in [-0.25, -0.2) is 0 Å². The summed E-state index contributed by atoms with van der Waals surface area (Å²) in [4.78, 5) is 21.1. The standard InChI is InChI=1S/C40H36N2O2.C3H6O2/c1-39(2)33(41-32-23-22-26-14-8-9-15-27(26)36(32)39)20-6-5-7-21-34-40(3,4)37-30-18-12-10-16-28(30)29-17-11-13-19-31(29)38(37)42(34)25-24-35(43)44;1-2-3(4)5/h5-23H,24-25H2,1-4H3,(H,43,44);2H2,1H3,(H,4,5)/p+1. The van der Waals surface area contributed by atoms with Crippen LogP contribution in [0.3, 0.4) is 0 Å². The Morgan fingerprint density at radius 2 is 1.29 bits per heavy atom. The summed E-state index contributed by atoms with van der Waals surface area (Å²) in [6, 6.07) is 30.0. The number of benzene rings is 5. The number of hydrogen-bond donors (Lipinski definition) is 3. The lowest BCUT2D eigenvalue weighted by Gasteiger charge is -2.21. The van der Waals surface area contributed by atoms with Crippen LogP contribution in [0.15, 0.2) is 121 Å². The summed E-state index contributed by atoms with van der Waals surface area (Å²) in [5.41, 5.74) is 6.67. The molecule has 0 unspecified atom stereocenters. The summed E-state index contributed by atoms with van der Waals surface area (Å²) in [5, 5.41) is 28.4. The van der Waals surface area contributed by atoms with E-state index in [0.717, 1.165) is 22.5 Å². The lowest BCUT2D eigenvalue weighted by Crippen LogP contribution is -2.28. The Bertz CT molecular complexity index is 2250. The van der Waals surface area contributed by atoms with Crippen LogP contribution in [0.4, 0.5) is 11.4 Å². The summed E-state index contributed by atoms with van der Waals surface area (Å²) in [7, 11) is 0. The zero-order valence-electron chi connectivity index (χ0n) is 28.7. The molecule has 49 heavy (non-hydrogen) atoms. The van der Waals surface area contributed by atoms with Gasteiger partial charge in [0.25, 0.3) is 0 Å². The van der Waals surface area contributed by atoms with E-state index in [0.29, 0.717) is 6.54 Å². The molecule has 0 radical (unpaired) electrons. The molecule has 3 N–H and O–H groups in total. The fourth-order valence-electron chi connectivity index (χ4n) is 7.46. The Balaban J connectivity index is 0.000000778. The van der Waals surface area contributed by atoms with Gasteiger partial charge >= 0.3 is 11.9 Å². The van der Waals surface area contributed by atoms with Gasteiger partial charge < -0.3 is 15.5 Å². The highest BCUT2D eigenvalue weighted by Crippen LogP contribution is 2.49. The Kier molecular flexibility index (Phi) is 9.00. The van der Waals surface area contributed by atoms with Crippen LogP contribution in [0.2, 0.25) is 0 Å². The van der Waals surface area contributed by atoms with Crippen LogP contribution in [0.1, 0.15) is 58.6 Å². The van der Waals surface area contributed by atoms with Gasteiger partial charge in [-0.3, -0.25) is 9.59 Å². The highest BCUT2D eigenvalue weighted by Gasteiger charge is 2.47. The van der Waals surface area contributed by atoms with Crippen molar-refractivity contribution in [3.8, 4) is 0 Å². The van der Waals surface area contributed by atoms with Crippen molar-refractivity contribution in [3.63, 3.8) is 0 Å². The summed E-state index contributed by atoms with van der Waals surface area (Å²) >= 11 is 0. The highest BCUT2D eigenvalue weighted by atomic mass is 16.4. The zero-order valence-corrected chi connectivity index (χ0v) is 28.7. The zero-order chi connectivity index (χ0) is 34.9. The Morgan fingerprint density at radius 3 is 1.94 bits per heavy atom. The van der Waals surface area contributed by atoms with Crippen LogP contribution >= 0.6 is 0 Å². The Hall–Kier alpha value is -5.49. The first-order valence-corrected chi connectivity index (χ1v) is 16.8. The number of fused-ring (bicyclic) bond motifs is 9. The third kappa shape index (κ3) is 6.04. The van der Waals surface area contributed by atoms with Gasteiger partial charge in [0.05, 0.1) is 10.8 Å². The van der Waals surface area contributed by atoms with Crippen molar-refractivity contribution in [1.82, 2.24) is 0 Å². The molecule has 0 aliphatic carbocycles. The average Bonchev–Trinajstić information content (AvgIpc) is 3.49. The summed E-state index contributed by atoms with van der Waals surface area (Å²) in [6.07, 6.45) is 10.9. The van der Waals surface area contributed by atoms with Crippen LogP contribution in [0.5, 0.6) is 0 Å². The summed E-state index contributed by atoms with van der Waals surface area (Å²) in [6.45, 7) is 11.1. The molecular formula is C43H43N2O4+. The summed E-state index contributed by atoms with van der Waals surface area (Å²) < 4.78 is 2.24. The quantitative estimate of drug-likeness (QED) is 0.0926. The third-order valence-corrected chi connectivity index (χ3v) is 9.82. The van der Waals surface area contributed by atoms with Crippen molar-refractivity contribution < 1.29 is 24.4 Å². The topological polar surface area (TPSA) is 89.6 Å². The number of allylic oxidation sites excluding steroid dienone is 6. The second kappa shape index (κ2) is 13.2. The van der Waals surface area contributed by atoms with Crippen LogP contribution in [0.25, 0.3) is 32.3 Å². The van der Waals surface area contributed by atoms with Crippen LogP contribution < -0.4 is 5.32 Å². The predicted molar refractivity (Wildman–Crippen MR) is 201 cm³/mol. The fraction of sp³-hybridized carbons (Fsp3) is 0.233. The molecule has 0 saturated carbocycles. The number of hydrogen-bond acceptors (Lipinski definition) is 3. The van der Waals surface area contributed by atoms with Crippen molar-refractivity contribution in [2.75, 3.05) is 11.9 Å². The van der Waals surface area contributed by atoms with Crippen molar-refractivity contribution in [2.24, 2.45) is 0 Å². The maximum absolute atomic E-state index is 11.8. The van der Waals surface area contributed by atoms with Gasteiger partial charge in [0.1, 0.15) is 6.42 Å². The van der Waals surface area contributed by atoms with E-state index in [9.17, 15) is 14.7 Å². The molecule has 0 spiro atoms. The molecular weight excluding hydrogens is 608 g/mol. The smallest absolute Gasteiger partial charge is 0.309 e. The van der Waals surface area contributed by atoms with Crippen LogP contribution in [0, 0.1) is 0 Å². The monoisotopic (exact) mass is 651 g/mol. The van der Waals surface area contributed by atoms with Crippen molar-refractivity contribution in [3.05, 3.63) is 132 Å². The second-order valence-electron chi connectivity index (χ2n) is 13.7. The van der Waals surface area contributed by atoms with Crippen LogP contribution in [-0.2, 0) is 20.4 Å². The van der Waals surface area contributed by atoms with E-state index in [2.05, 4.69) is 153 Å². The molecule has 6 nitrogen and oxygen atoms in total. The van der Waals surface area contributed by atoms with E-state index in [1.165, 1.54) is 43.7 Å². The molecule has 0 bridgehead atoms. The molecule has 6 heteroatoms. The van der Waals surface area contributed by atoms with Gasteiger partial charge in [-0.15, -0.1) is 0 Å². The molecule has 0 amide bonds. The minimum absolute atomic E-state index is 0.0615. The van der Waals surface area contributed by atoms with Gasteiger partial charge in [-0.2, -0.15) is 4.58 Å². The lowest BCUT2D eigenvalue weighted by molar-refractivity contribution is -0.435. The lowest BCUT2D eigenvalue weighted by atomic mass is 9.78. The molecule has 5 aromatic carbocycles. The third-order valence-electron chi connectivity index (χ3n) is 9.82.